The van der Waals surface area contributed by atoms with Crippen molar-refractivity contribution in [2.45, 2.75) is 52.4 Å². The van der Waals surface area contributed by atoms with E-state index < -0.39 is 0 Å². The van der Waals surface area contributed by atoms with Gasteiger partial charge in [0.25, 0.3) is 0 Å². The second kappa shape index (κ2) is 4.64. The first kappa shape index (κ1) is 11.3. The summed E-state index contributed by atoms with van der Waals surface area (Å²) in [6, 6.07) is 0. The number of Topliss-reactive ketones (excluding diaryl/α,β-unsaturated/α-hetero) is 1. The van der Waals surface area contributed by atoms with Gasteiger partial charge in [-0.1, -0.05) is 20.3 Å². The number of rotatable bonds is 4. The van der Waals surface area contributed by atoms with Gasteiger partial charge in [-0.3, -0.25) is 4.79 Å². The third-order valence-electron chi connectivity index (χ3n) is 3.39. The van der Waals surface area contributed by atoms with Gasteiger partial charge in [0, 0.05) is 18.8 Å². The van der Waals surface area contributed by atoms with Crippen LogP contribution in [0.1, 0.15) is 52.4 Å². The highest BCUT2D eigenvalue weighted by molar-refractivity contribution is 5.82. The van der Waals surface area contributed by atoms with E-state index >= 15 is 0 Å². The average molecular weight is 192 g/mol. The van der Waals surface area contributed by atoms with Gasteiger partial charge in [0.05, 0.1) is 0 Å². The molecule has 1 rings (SSSR count). The molecule has 0 heterocycles. The number of terminal acetylenes is 1. The van der Waals surface area contributed by atoms with Crippen molar-refractivity contribution in [3.63, 3.8) is 0 Å². The summed E-state index contributed by atoms with van der Waals surface area (Å²) in [6.45, 7) is 4.42. The van der Waals surface area contributed by atoms with Crippen molar-refractivity contribution in [3.8, 4) is 12.3 Å². The largest absolute Gasteiger partial charge is 0.299 e. The Bertz CT molecular complexity index is 244. The van der Waals surface area contributed by atoms with Gasteiger partial charge < -0.3 is 0 Å². The van der Waals surface area contributed by atoms with E-state index in [1.54, 1.807) is 0 Å². The molecule has 0 aliphatic heterocycles. The molecule has 0 aromatic carbocycles. The Morgan fingerprint density at radius 2 is 2.29 bits per heavy atom. The fraction of sp³-hybridized carbons (Fsp3) is 0.769. The standard InChI is InChI=1S/C13H20O/c1-4-5-6-9-12(14)11-8-7-10-13(11,2)3/h1,11H,5-10H2,2-3H3. The summed E-state index contributed by atoms with van der Waals surface area (Å²) < 4.78 is 0. The monoisotopic (exact) mass is 192 g/mol. The third kappa shape index (κ3) is 2.61. The smallest absolute Gasteiger partial charge is 0.136 e. The molecule has 1 heteroatoms. The van der Waals surface area contributed by atoms with Crippen LogP contribution in [-0.4, -0.2) is 5.78 Å². The van der Waals surface area contributed by atoms with Gasteiger partial charge in [-0.15, -0.1) is 12.3 Å². The fourth-order valence-electron chi connectivity index (χ4n) is 2.46. The lowest BCUT2D eigenvalue weighted by atomic mass is 9.78. The van der Waals surface area contributed by atoms with E-state index in [1.165, 1.54) is 12.8 Å². The second-order valence-corrected chi connectivity index (χ2v) is 4.96. The van der Waals surface area contributed by atoms with Crippen LogP contribution in [0.15, 0.2) is 0 Å². The van der Waals surface area contributed by atoms with E-state index in [2.05, 4.69) is 19.8 Å². The maximum Gasteiger partial charge on any atom is 0.136 e. The molecule has 1 unspecified atom stereocenters. The number of hydrogen-bond donors (Lipinski definition) is 0. The highest BCUT2D eigenvalue weighted by Gasteiger charge is 2.38. The first-order chi connectivity index (χ1) is 6.58. The summed E-state index contributed by atoms with van der Waals surface area (Å²) >= 11 is 0. The van der Waals surface area contributed by atoms with Crippen molar-refractivity contribution in [2.75, 3.05) is 0 Å². The minimum atomic E-state index is 0.229. The molecule has 0 N–H and O–H groups in total. The topological polar surface area (TPSA) is 17.1 Å². The molecule has 14 heavy (non-hydrogen) atoms. The van der Waals surface area contributed by atoms with E-state index in [0.29, 0.717) is 18.1 Å². The Kier molecular flexibility index (Phi) is 3.75. The molecule has 1 aliphatic rings. The van der Waals surface area contributed by atoms with Crippen LogP contribution in [0.4, 0.5) is 0 Å². The third-order valence-corrected chi connectivity index (χ3v) is 3.39. The van der Waals surface area contributed by atoms with Gasteiger partial charge in [-0.2, -0.15) is 0 Å². The van der Waals surface area contributed by atoms with Crippen molar-refractivity contribution in [1.29, 1.82) is 0 Å². The number of carbonyl (C=O) groups is 1. The summed E-state index contributed by atoms with van der Waals surface area (Å²) in [6.07, 6.45) is 10.9. The van der Waals surface area contributed by atoms with Crippen molar-refractivity contribution in [1.82, 2.24) is 0 Å². The van der Waals surface area contributed by atoms with E-state index in [9.17, 15) is 4.79 Å². The molecule has 0 radical (unpaired) electrons. The number of ketones is 1. The van der Waals surface area contributed by atoms with Gasteiger partial charge in [0.2, 0.25) is 0 Å². The molecule has 0 aromatic heterocycles. The molecule has 0 aromatic rings. The highest BCUT2D eigenvalue weighted by atomic mass is 16.1. The van der Waals surface area contributed by atoms with E-state index in [-0.39, 0.29) is 5.41 Å². The van der Waals surface area contributed by atoms with Gasteiger partial charge in [0.15, 0.2) is 0 Å². The van der Waals surface area contributed by atoms with Crippen molar-refractivity contribution in [2.24, 2.45) is 11.3 Å². The summed E-state index contributed by atoms with van der Waals surface area (Å²) in [5.41, 5.74) is 0.229. The minimum absolute atomic E-state index is 0.229. The molecule has 0 spiro atoms. The zero-order valence-electron chi connectivity index (χ0n) is 9.31. The lowest BCUT2D eigenvalue weighted by Gasteiger charge is -2.25. The van der Waals surface area contributed by atoms with E-state index in [4.69, 9.17) is 6.42 Å². The SMILES string of the molecule is C#CCCCC(=O)C1CCCC1(C)C. The van der Waals surface area contributed by atoms with Crippen LogP contribution < -0.4 is 0 Å². The van der Waals surface area contributed by atoms with Crippen LogP contribution in [0.2, 0.25) is 0 Å². The van der Waals surface area contributed by atoms with E-state index in [0.717, 1.165) is 19.3 Å². The Hall–Kier alpha value is -0.770. The van der Waals surface area contributed by atoms with Crippen molar-refractivity contribution < 1.29 is 4.79 Å². The first-order valence-corrected chi connectivity index (χ1v) is 5.54. The van der Waals surface area contributed by atoms with E-state index in [1.807, 2.05) is 0 Å². The lowest BCUT2D eigenvalue weighted by Crippen LogP contribution is -2.25. The first-order valence-electron chi connectivity index (χ1n) is 5.54. The molecule has 1 saturated carbocycles. The van der Waals surface area contributed by atoms with Gasteiger partial charge in [-0.25, -0.2) is 0 Å². The van der Waals surface area contributed by atoms with Gasteiger partial charge >= 0.3 is 0 Å². The van der Waals surface area contributed by atoms with Crippen LogP contribution >= 0.6 is 0 Å². The quantitative estimate of drug-likeness (QED) is 0.494. The minimum Gasteiger partial charge on any atom is -0.299 e. The second-order valence-electron chi connectivity index (χ2n) is 4.96. The van der Waals surface area contributed by atoms with Gasteiger partial charge in [0.1, 0.15) is 5.78 Å². The predicted octanol–water partition coefficient (Wildman–Crippen LogP) is 3.19. The molecular weight excluding hydrogens is 172 g/mol. The molecule has 0 saturated heterocycles. The summed E-state index contributed by atoms with van der Waals surface area (Å²) in [5, 5.41) is 0. The van der Waals surface area contributed by atoms with Gasteiger partial charge in [-0.05, 0) is 24.7 Å². The van der Waals surface area contributed by atoms with Crippen LogP contribution in [0, 0.1) is 23.7 Å². The Morgan fingerprint density at radius 1 is 1.57 bits per heavy atom. The summed E-state index contributed by atoms with van der Waals surface area (Å²) in [7, 11) is 0. The maximum atomic E-state index is 11.9. The molecule has 78 valence electrons. The molecule has 0 bridgehead atoms. The number of unbranched alkanes of at least 4 members (excludes halogenated alkanes) is 1. The summed E-state index contributed by atoms with van der Waals surface area (Å²) in [5.74, 6) is 3.31. The molecule has 0 amide bonds. The maximum absolute atomic E-state index is 11.9. The highest BCUT2D eigenvalue weighted by Crippen LogP contribution is 2.43. The number of hydrogen-bond acceptors (Lipinski definition) is 1. The number of carbonyl (C=O) groups excluding carboxylic acids is 1. The zero-order valence-corrected chi connectivity index (χ0v) is 9.31. The zero-order chi connectivity index (χ0) is 10.6. The molecule has 1 atom stereocenters. The van der Waals surface area contributed by atoms with Crippen LogP contribution in [-0.2, 0) is 4.79 Å². The molecule has 1 aliphatic carbocycles. The Morgan fingerprint density at radius 3 is 2.79 bits per heavy atom. The Labute approximate surface area is 87.3 Å². The summed E-state index contributed by atoms with van der Waals surface area (Å²) in [4.78, 5) is 11.9. The van der Waals surface area contributed by atoms with Crippen LogP contribution in [0.5, 0.6) is 0 Å². The normalized spacial score (nSPS) is 24.5. The lowest BCUT2D eigenvalue weighted by molar-refractivity contribution is -0.125. The van der Waals surface area contributed by atoms with Crippen molar-refractivity contribution >= 4 is 5.78 Å². The molecule has 1 nitrogen and oxygen atoms in total. The van der Waals surface area contributed by atoms with Crippen LogP contribution in [0.3, 0.4) is 0 Å². The van der Waals surface area contributed by atoms with Crippen LogP contribution in [0.25, 0.3) is 0 Å². The molecular formula is C13H20O. The predicted molar refractivity (Wildman–Crippen MR) is 58.8 cm³/mol. The average Bonchev–Trinajstić information content (AvgIpc) is 2.45. The molecule has 1 fully saturated rings. The van der Waals surface area contributed by atoms with Crippen molar-refractivity contribution in [3.05, 3.63) is 0 Å². The fourth-order valence-corrected chi connectivity index (χ4v) is 2.46. The Balaban J connectivity index is 2.41.